The summed E-state index contributed by atoms with van der Waals surface area (Å²) in [6.45, 7) is 0. The molecule has 1 aromatic heterocycles. The van der Waals surface area contributed by atoms with E-state index in [0.29, 0.717) is 23.5 Å². The predicted molar refractivity (Wildman–Crippen MR) is 89.0 cm³/mol. The number of rotatable bonds is 1. The molecule has 1 aliphatic heterocycles. The largest absolute Gasteiger partial charge is 0.308 e. The number of halogens is 1. The first kappa shape index (κ1) is 15.5. The average molecular weight is 334 g/mol. The molecule has 0 saturated heterocycles. The van der Waals surface area contributed by atoms with E-state index in [-0.39, 0.29) is 0 Å². The highest BCUT2D eigenvalue weighted by Gasteiger charge is 2.50. The number of amides is 1. The Morgan fingerprint density at radius 3 is 2.96 bits per heavy atom. The third-order valence-corrected chi connectivity index (χ3v) is 4.87. The first-order chi connectivity index (χ1) is 12.1. The Balaban J connectivity index is 1.96. The van der Waals surface area contributed by atoms with E-state index in [4.69, 9.17) is 4.99 Å². The maximum Gasteiger partial charge on any atom is 0.245 e. The SMILES string of the molecule is N#CC1C(=O)NC(c2ccccn2)=NC12CCCc1ccc(F)cc12. The Hall–Kier alpha value is -3.07. The van der Waals surface area contributed by atoms with E-state index < -0.39 is 23.2 Å². The van der Waals surface area contributed by atoms with Gasteiger partial charge < -0.3 is 5.32 Å². The number of carbonyl (C=O) groups is 1. The van der Waals surface area contributed by atoms with Gasteiger partial charge >= 0.3 is 0 Å². The molecule has 2 unspecified atom stereocenters. The molecule has 2 heterocycles. The molecule has 0 bridgehead atoms. The lowest BCUT2D eigenvalue weighted by molar-refractivity contribution is -0.124. The first-order valence-corrected chi connectivity index (χ1v) is 8.15. The minimum absolute atomic E-state index is 0.328. The van der Waals surface area contributed by atoms with Crippen molar-refractivity contribution in [3.63, 3.8) is 0 Å². The quantitative estimate of drug-likeness (QED) is 0.870. The van der Waals surface area contributed by atoms with Gasteiger partial charge in [-0.25, -0.2) is 4.39 Å². The van der Waals surface area contributed by atoms with E-state index in [1.165, 1.54) is 12.1 Å². The topological polar surface area (TPSA) is 78.1 Å². The van der Waals surface area contributed by atoms with Crippen LogP contribution in [0.5, 0.6) is 0 Å². The van der Waals surface area contributed by atoms with Crippen LogP contribution in [0.2, 0.25) is 0 Å². The Morgan fingerprint density at radius 1 is 1.32 bits per heavy atom. The molecule has 6 heteroatoms. The van der Waals surface area contributed by atoms with Crippen LogP contribution in [0, 0.1) is 23.1 Å². The van der Waals surface area contributed by atoms with Gasteiger partial charge in [-0.1, -0.05) is 12.1 Å². The number of hydrogen-bond donors (Lipinski definition) is 1. The number of hydrogen-bond acceptors (Lipinski definition) is 4. The molecule has 0 saturated carbocycles. The van der Waals surface area contributed by atoms with E-state index in [2.05, 4.69) is 16.4 Å². The van der Waals surface area contributed by atoms with Crippen molar-refractivity contribution >= 4 is 11.7 Å². The number of aryl methyl sites for hydroxylation is 1. The predicted octanol–water partition coefficient (Wildman–Crippen LogP) is 2.47. The van der Waals surface area contributed by atoms with Crippen molar-refractivity contribution in [2.24, 2.45) is 10.9 Å². The molecular weight excluding hydrogens is 319 g/mol. The van der Waals surface area contributed by atoms with Gasteiger partial charge in [-0.05, 0) is 54.7 Å². The van der Waals surface area contributed by atoms with Gasteiger partial charge in [-0.15, -0.1) is 0 Å². The molecule has 1 amide bonds. The van der Waals surface area contributed by atoms with E-state index in [1.54, 1.807) is 30.5 Å². The summed E-state index contributed by atoms with van der Waals surface area (Å²) in [6.07, 6.45) is 3.70. The highest BCUT2D eigenvalue weighted by molar-refractivity contribution is 6.10. The minimum Gasteiger partial charge on any atom is -0.308 e. The molecule has 124 valence electrons. The third kappa shape index (κ3) is 2.40. The molecule has 1 aliphatic carbocycles. The van der Waals surface area contributed by atoms with E-state index in [9.17, 15) is 14.4 Å². The normalized spacial score (nSPS) is 24.9. The molecular formula is C19H15FN4O. The summed E-state index contributed by atoms with van der Waals surface area (Å²) in [5.74, 6) is -1.48. The van der Waals surface area contributed by atoms with Crippen molar-refractivity contribution in [2.75, 3.05) is 0 Å². The zero-order valence-electron chi connectivity index (χ0n) is 13.4. The number of benzene rings is 1. The Labute approximate surface area is 144 Å². The number of amidine groups is 1. The zero-order chi connectivity index (χ0) is 17.4. The lowest BCUT2D eigenvalue weighted by Gasteiger charge is -2.41. The van der Waals surface area contributed by atoms with Gasteiger partial charge in [-0.3, -0.25) is 14.8 Å². The van der Waals surface area contributed by atoms with Crippen molar-refractivity contribution in [2.45, 2.75) is 24.8 Å². The summed E-state index contributed by atoms with van der Waals surface area (Å²) in [5, 5.41) is 12.3. The summed E-state index contributed by atoms with van der Waals surface area (Å²) >= 11 is 0. The number of carbonyl (C=O) groups excluding carboxylic acids is 1. The Kier molecular flexibility index (Phi) is 3.57. The molecule has 2 atom stereocenters. The second-order valence-electron chi connectivity index (χ2n) is 6.31. The van der Waals surface area contributed by atoms with Crippen molar-refractivity contribution in [3.05, 3.63) is 65.2 Å². The Bertz CT molecular complexity index is 919. The van der Waals surface area contributed by atoms with Crippen LogP contribution >= 0.6 is 0 Å². The lowest BCUT2D eigenvalue weighted by atomic mass is 9.68. The van der Waals surface area contributed by atoms with Crippen molar-refractivity contribution in [3.8, 4) is 6.07 Å². The number of nitrogens with one attached hydrogen (secondary N) is 1. The van der Waals surface area contributed by atoms with Crippen LogP contribution in [0.3, 0.4) is 0 Å². The number of fused-ring (bicyclic) bond motifs is 2. The Morgan fingerprint density at radius 2 is 2.20 bits per heavy atom. The van der Waals surface area contributed by atoms with Gasteiger partial charge in [0.1, 0.15) is 17.1 Å². The molecule has 2 aromatic rings. The van der Waals surface area contributed by atoms with Crippen molar-refractivity contribution < 1.29 is 9.18 Å². The third-order valence-electron chi connectivity index (χ3n) is 4.87. The van der Waals surface area contributed by atoms with Crippen molar-refractivity contribution in [1.82, 2.24) is 10.3 Å². The summed E-state index contributed by atoms with van der Waals surface area (Å²) in [7, 11) is 0. The second-order valence-corrected chi connectivity index (χ2v) is 6.31. The van der Waals surface area contributed by atoms with Crippen LogP contribution in [0.4, 0.5) is 4.39 Å². The van der Waals surface area contributed by atoms with Crippen LogP contribution in [-0.2, 0) is 16.8 Å². The average Bonchev–Trinajstić information content (AvgIpc) is 2.63. The summed E-state index contributed by atoms with van der Waals surface area (Å²) in [5.41, 5.74) is 1.02. The summed E-state index contributed by atoms with van der Waals surface area (Å²) < 4.78 is 13.9. The van der Waals surface area contributed by atoms with Gasteiger partial charge in [0.2, 0.25) is 5.91 Å². The number of aromatic nitrogens is 1. The standard InChI is InChI=1S/C19H15FN4O/c20-13-7-6-12-4-3-8-19(14(12)10-13)15(11-21)18(25)23-17(24-19)16-5-1-2-9-22-16/h1-2,5-7,9-10,15H,3-4,8H2,(H,23,24,25). The molecule has 5 nitrogen and oxygen atoms in total. The first-order valence-electron chi connectivity index (χ1n) is 8.15. The van der Waals surface area contributed by atoms with Crippen LogP contribution < -0.4 is 5.32 Å². The second kappa shape index (κ2) is 5.78. The molecule has 0 fully saturated rings. The van der Waals surface area contributed by atoms with Crippen LogP contribution in [0.15, 0.2) is 47.6 Å². The van der Waals surface area contributed by atoms with E-state index in [1.807, 2.05) is 0 Å². The molecule has 4 rings (SSSR count). The number of nitrogens with zero attached hydrogens (tertiary/aromatic N) is 3. The van der Waals surface area contributed by atoms with E-state index >= 15 is 0 Å². The number of nitriles is 1. The zero-order valence-corrected chi connectivity index (χ0v) is 13.4. The monoisotopic (exact) mass is 334 g/mol. The van der Waals surface area contributed by atoms with E-state index in [0.717, 1.165) is 18.4 Å². The summed E-state index contributed by atoms with van der Waals surface area (Å²) in [6, 6.07) is 11.9. The number of pyridine rings is 1. The van der Waals surface area contributed by atoms with Crippen LogP contribution in [-0.4, -0.2) is 16.7 Å². The maximum absolute atomic E-state index is 13.9. The highest BCUT2D eigenvalue weighted by Crippen LogP contribution is 2.46. The highest BCUT2D eigenvalue weighted by atomic mass is 19.1. The minimum atomic E-state index is -1.07. The smallest absolute Gasteiger partial charge is 0.245 e. The molecule has 1 aromatic carbocycles. The molecule has 1 spiro atoms. The van der Waals surface area contributed by atoms with Gasteiger partial charge in [-0.2, -0.15) is 5.26 Å². The molecule has 25 heavy (non-hydrogen) atoms. The van der Waals surface area contributed by atoms with Gasteiger partial charge in [0.15, 0.2) is 11.8 Å². The van der Waals surface area contributed by atoms with Gasteiger partial charge in [0.25, 0.3) is 0 Å². The van der Waals surface area contributed by atoms with Crippen molar-refractivity contribution in [1.29, 1.82) is 5.26 Å². The molecule has 2 aliphatic rings. The van der Waals surface area contributed by atoms with Gasteiger partial charge in [0, 0.05) is 6.20 Å². The maximum atomic E-state index is 13.9. The van der Waals surface area contributed by atoms with Gasteiger partial charge in [0.05, 0.1) is 6.07 Å². The fraction of sp³-hybridized carbons (Fsp3) is 0.263. The number of aliphatic imine (C=N–C) groups is 1. The molecule has 0 radical (unpaired) electrons. The van der Waals surface area contributed by atoms with Crippen LogP contribution in [0.1, 0.15) is 29.7 Å². The molecule has 1 N–H and O–H groups in total. The fourth-order valence-electron chi connectivity index (χ4n) is 3.76. The fourth-order valence-corrected chi connectivity index (χ4v) is 3.76. The summed E-state index contributed by atoms with van der Waals surface area (Å²) in [4.78, 5) is 21.6. The lowest BCUT2D eigenvalue weighted by Crippen LogP contribution is -2.52. The van der Waals surface area contributed by atoms with Crippen LogP contribution in [0.25, 0.3) is 0 Å².